The molecule has 0 aliphatic carbocycles. The average molecular weight is 330 g/mol. The van der Waals surface area contributed by atoms with E-state index >= 15 is 0 Å². The van der Waals surface area contributed by atoms with Gasteiger partial charge in [0.1, 0.15) is 5.60 Å². The summed E-state index contributed by atoms with van der Waals surface area (Å²) in [7, 11) is 0. The van der Waals surface area contributed by atoms with E-state index < -0.39 is 11.7 Å². The van der Waals surface area contributed by atoms with Crippen molar-refractivity contribution in [2.75, 3.05) is 13.2 Å². The third-order valence-corrected chi connectivity index (χ3v) is 2.98. The van der Waals surface area contributed by atoms with Crippen LogP contribution in [0.2, 0.25) is 0 Å². The highest BCUT2D eigenvalue weighted by Gasteiger charge is 2.17. The highest BCUT2D eigenvalue weighted by Crippen LogP contribution is 2.18. The maximum atomic E-state index is 11.5. The predicted octanol–water partition coefficient (Wildman–Crippen LogP) is 3.05. The normalized spacial score (nSPS) is 12.9. The lowest BCUT2D eigenvalue weighted by Crippen LogP contribution is -2.35. The van der Waals surface area contributed by atoms with E-state index in [-0.39, 0.29) is 12.5 Å². The number of aliphatic hydroxyl groups is 1. The lowest BCUT2D eigenvalue weighted by atomic mass is 10.0. The van der Waals surface area contributed by atoms with E-state index in [2.05, 4.69) is 21.2 Å². The minimum absolute atomic E-state index is 0.0303. The molecule has 1 aromatic rings. The summed E-state index contributed by atoms with van der Waals surface area (Å²) in [6.07, 6.45) is -0.469. The van der Waals surface area contributed by atoms with Gasteiger partial charge in [0.05, 0.1) is 6.61 Å². The van der Waals surface area contributed by atoms with Gasteiger partial charge in [-0.25, -0.2) is 4.79 Å². The average Bonchev–Trinajstić information content (AvgIpc) is 2.29. The van der Waals surface area contributed by atoms with Crippen LogP contribution in [0.3, 0.4) is 0 Å². The second-order valence-corrected chi connectivity index (χ2v) is 6.23. The van der Waals surface area contributed by atoms with Gasteiger partial charge in [-0.3, -0.25) is 0 Å². The largest absolute Gasteiger partial charge is 0.444 e. The molecule has 1 atom stereocenters. The quantitative estimate of drug-likeness (QED) is 0.892. The van der Waals surface area contributed by atoms with Gasteiger partial charge in [0.2, 0.25) is 0 Å². The monoisotopic (exact) mass is 329 g/mol. The molecule has 0 aromatic heterocycles. The van der Waals surface area contributed by atoms with Crippen LogP contribution in [0, 0.1) is 0 Å². The van der Waals surface area contributed by atoms with Crippen molar-refractivity contribution in [3.05, 3.63) is 34.3 Å². The molecular weight excluding hydrogens is 310 g/mol. The van der Waals surface area contributed by atoms with Gasteiger partial charge in [0.15, 0.2) is 0 Å². The zero-order chi connectivity index (χ0) is 14.5. The Morgan fingerprint density at radius 3 is 2.42 bits per heavy atom. The van der Waals surface area contributed by atoms with Gasteiger partial charge >= 0.3 is 6.09 Å². The van der Waals surface area contributed by atoms with Gasteiger partial charge in [-0.15, -0.1) is 0 Å². The first-order valence-corrected chi connectivity index (χ1v) is 6.94. The van der Waals surface area contributed by atoms with Crippen molar-refractivity contribution in [3.63, 3.8) is 0 Å². The molecule has 1 rings (SSSR count). The van der Waals surface area contributed by atoms with Crippen molar-refractivity contribution < 1.29 is 14.6 Å². The molecule has 0 fully saturated rings. The Bertz CT molecular complexity index is 412. The van der Waals surface area contributed by atoms with Gasteiger partial charge in [0, 0.05) is 16.9 Å². The lowest BCUT2D eigenvalue weighted by molar-refractivity contribution is 0.0521. The van der Waals surface area contributed by atoms with E-state index in [4.69, 9.17) is 4.74 Å². The number of rotatable bonds is 4. The molecular formula is C14H20BrNO3. The summed E-state index contributed by atoms with van der Waals surface area (Å²) in [4.78, 5) is 11.5. The van der Waals surface area contributed by atoms with Gasteiger partial charge < -0.3 is 15.2 Å². The molecule has 0 unspecified atom stereocenters. The first kappa shape index (κ1) is 16.0. The summed E-state index contributed by atoms with van der Waals surface area (Å²) in [5.74, 6) is -0.138. The van der Waals surface area contributed by atoms with Gasteiger partial charge in [-0.1, -0.05) is 28.1 Å². The number of ether oxygens (including phenoxy) is 1. The molecule has 19 heavy (non-hydrogen) atoms. The van der Waals surface area contributed by atoms with Crippen LogP contribution in [0.4, 0.5) is 4.79 Å². The minimum atomic E-state index is -0.517. The number of benzene rings is 1. The fourth-order valence-corrected chi connectivity index (χ4v) is 1.81. The first-order valence-electron chi connectivity index (χ1n) is 6.15. The fourth-order valence-electron chi connectivity index (χ4n) is 1.54. The summed E-state index contributed by atoms with van der Waals surface area (Å²) in [5.41, 5.74) is 0.456. The van der Waals surface area contributed by atoms with Crippen molar-refractivity contribution in [3.8, 4) is 0 Å². The molecule has 0 bridgehead atoms. The number of nitrogens with one attached hydrogen (secondary N) is 1. The highest BCUT2D eigenvalue weighted by atomic mass is 79.9. The Labute approximate surface area is 122 Å². The molecule has 0 saturated carbocycles. The number of carbonyl (C=O) groups excluding carboxylic acids is 1. The van der Waals surface area contributed by atoms with E-state index in [1.807, 2.05) is 45.0 Å². The Hall–Kier alpha value is -1.07. The molecule has 0 saturated heterocycles. The third-order valence-electron chi connectivity index (χ3n) is 2.45. The number of aliphatic hydroxyl groups excluding tert-OH is 1. The van der Waals surface area contributed by atoms with E-state index in [1.54, 1.807) is 0 Å². The molecule has 5 heteroatoms. The summed E-state index contributed by atoms with van der Waals surface area (Å²) in [5, 5.41) is 12.1. The van der Waals surface area contributed by atoms with Crippen LogP contribution in [-0.2, 0) is 4.74 Å². The van der Waals surface area contributed by atoms with Crippen LogP contribution in [-0.4, -0.2) is 30.0 Å². The second kappa shape index (κ2) is 6.91. The zero-order valence-electron chi connectivity index (χ0n) is 11.4. The van der Waals surface area contributed by atoms with E-state index in [0.717, 1.165) is 10.0 Å². The lowest BCUT2D eigenvalue weighted by Gasteiger charge is -2.21. The highest BCUT2D eigenvalue weighted by molar-refractivity contribution is 9.10. The zero-order valence-corrected chi connectivity index (χ0v) is 13.0. The molecule has 1 amide bonds. The molecule has 0 aliphatic heterocycles. The number of hydrogen-bond donors (Lipinski definition) is 2. The van der Waals surface area contributed by atoms with Crippen molar-refractivity contribution in [1.29, 1.82) is 0 Å². The number of hydrogen-bond acceptors (Lipinski definition) is 3. The Morgan fingerprint density at radius 2 is 1.95 bits per heavy atom. The topological polar surface area (TPSA) is 58.6 Å². The van der Waals surface area contributed by atoms with Gasteiger partial charge in [0.25, 0.3) is 0 Å². The van der Waals surface area contributed by atoms with Gasteiger partial charge in [-0.2, -0.15) is 0 Å². The van der Waals surface area contributed by atoms with Crippen molar-refractivity contribution in [1.82, 2.24) is 5.32 Å². The van der Waals surface area contributed by atoms with E-state index in [9.17, 15) is 9.90 Å². The standard InChI is InChI=1S/C14H20BrNO3/c1-14(2,3)19-13(18)16-8-11(9-17)10-4-6-12(15)7-5-10/h4-7,11,17H,8-9H2,1-3H3,(H,16,18)/t11-/m0/s1. The van der Waals surface area contributed by atoms with Crippen LogP contribution < -0.4 is 5.32 Å². The number of carbonyl (C=O) groups is 1. The number of alkyl carbamates (subject to hydrolysis) is 1. The molecule has 1 aromatic carbocycles. The summed E-state index contributed by atoms with van der Waals surface area (Å²) >= 11 is 3.36. The Morgan fingerprint density at radius 1 is 1.37 bits per heavy atom. The molecule has 2 N–H and O–H groups in total. The molecule has 0 radical (unpaired) electrons. The van der Waals surface area contributed by atoms with Crippen molar-refractivity contribution >= 4 is 22.0 Å². The van der Waals surface area contributed by atoms with Crippen LogP contribution in [0.5, 0.6) is 0 Å². The predicted molar refractivity (Wildman–Crippen MR) is 78.2 cm³/mol. The van der Waals surface area contributed by atoms with E-state index in [0.29, 0.717) is 6.54 Å². The van der Waals surface area contributed by atoms with Gasteiger partial charge in [-0.05, 0) is 38.5 Å². The number of halogens is 1. The second-order valence-electron chi connectivity index (χ2n) is 5.31. The Balaban J connectivity index is 2.54. The fraction of sp³-hybridized carbons (Fsp3) is 0.500. The molecule has 0 aliphatic rings. The maximum Gasteiger partial charge on any atom is 0.407 e. The van der Waals surface area contributed by atoms with Crippen LogP contribution in [0.15, 0.2) is 28.7 Å². The molecule has 0 spiro atoms. The Kier molecular flexibility index (Phi) is 5.82. The summed E-state index contributed by atoms with van der Waals surface area (Å²) in [6, 6.07) is 7.65. The van der Waals surface area contributed by atoms with E-state index in [1.165, 1.54) is 0 Å². The smallest absolute Gasteiger partial charge is 0.407 e. The summed E-state index contributed by atoms with van der Waals surface area (Å²) in [6.45, 7) is 5.74. The molecule has 4 nitrogen and oxygen atoms in total. The molecule has 0 heterocycles. The van der Waals surface area contributed by atoms with Crippen molar-refractivity contribution in [2.24, 2.45) is 0 Å². The third kappa shape index (κ3) is 6.07. The number of amides is 1. The minimum Gasteiger partial charge on any atom is -0.444 e. The SMILES string of the molecule is CC(C)(C)OC(=O)NC[C@@H](CO)c1ccc(Br)cc1. The molecule has 106 valence electrons. The van der Waals surface area contributed by atoms with Crippen LogP contribution in [0.1, 0.15) is 32.3 Å². The summed E-state index contributed by atoms with van der Waals surface area (Å²) < 4.78 is 6.13. The van der Waals surface area contributed by atoms with Crippen LogP contribution >= 0.6 is 15.9 Å². The van der Waals surface area contributed by atoms with Crippen LogP contribution in [0.25, 0.3) is 0 Å². The van der Waals surface area contributed by atoms with Crippen molar-refractivity contribution in [2.45, 2.75) is 32.3 Å². The first-order chi connectivity index (χ1) is 8.81. The maximum absolute atomic E-state index is 11.5.